The molecule has 0 unspecified atom stereocenters. The van der Waals surface area contributed by atoms with Gasteiger partial charge in [0.1, 0.15) is 20.3 Å². The zero-order chi connectivity index (χ0) is 17.2. The van der Waals surface area contributed by atoms with Crippen LogP contribution in [0.2, 0.25) is 16.6 Å². The lowest BCUT2D eigenvalue weighted by Gasteiger charge is -2.42. The molecule has 1 aliphatic rings. The molecule has 0 aromatic heterocycles. The first-order valence-electron chi connectivity index (χ1n) is 8.68. The molecule has 1 aromatic rings. The summed E-state index contributed by atoms with van der Waals surface area (Å²) < 4.78 is 5.86. The van der Waals surface area contributed by atoms with Crippen molar-refractivity contribution in [3.8, 4) is 6.07 Å². The zero-order valence-electron chi connectivity index (χ0n) is 15.2. The number of hydrogen-bond acceptors (Lipinski definition) is 2. The van der Waals surface area contributed by atoms with Gasteiger partial charge in [-0.15, -0.1) is 0 Å². The summed E-state index contributed by atoms with van der Waals surface area (Å²) in [4.78, 5) is 0. The van der Waals surface area contributed by atoms with E-state index in [2.05, 4.69) is 65.8 Å². The Bertz CT molecular complexity index is 576. The Kier molecular flexibility index (Phi) is 5.49. The van der Waals surface area contributed by atoms with E-state index in [4.69, 9.17) is 4.74 Å². The molecule has 2 atom stereocenters. The summed E-state index contributed by atoms with van der Waals surface area (Å²) >= 11 is 0. The van der Waals surface area contributed by atoms with Crippen LogP contribution in [0.1, 0.15) is 53.2 Å². The summed E-state index contributed by atoms with van der Waals surface area (Å²) in [5, 5.41) is 10.9. The van der Waals surface area contributed by atoms with Crippen LogP contribution in [0.15, 0.2) is 41.6 Å². The van der Waals surface area contributed by atoms with E-state index >= 15 is 0 Å². The largest absolute Gasteiger partial charge is 0.360 e. The van der Waals surface area contributed by atoms with E-state index in [-0.39, 0.29) is 12.2 Å². The summed E-state index contributed by atoms with van der Waals surface area (Å²) in [6.45, 7) is 13.7. The van der Waals surface area contributed by atoms with Crippen molar-refractivity contribution in [1.82, 2.24) is 0 Å². The van der Waals surface area contributed by atoms with Gasteiger partial charge in [-0.25, -0.2) is 0 Å². The molecule has 1 aromatic carbocycles. The van der Waals surface area contributed by atoms with Gasteiger partial charge < -0.3 is 4.74 Å². The fourth-order valence-electron chi connectivity index (χ4n) is 4.54. The van der Waals surface area contributed by atoms with Gasteiger partial charge in [-0.3, -0.25) is 0 Å². The van der Waals surface area contributed by atoms with Crippen molar-refractivity contribution in [2.45, 2.75) is 70.4 Å². The molecule has 1 saturated heterocycles. The summed E-state index contributed by atoms with van der Waals surface area (Å²) in [6.07, 6.45) is 2.33. The first-order chi connectivity index (χ1) is 10.9. The minimum Gasteiger partial charge on any atom is -0.360 e. The molecule has 2 rings (SSSR count). The quantitative estimate of drug-likeness (QED) is 0.376. The summed E-state index contributed by atoms with van der Waals surface area (Å²) in [7, 11) is -1.89. The molecule has 0 bridgehead atoms. The zero-order valence-corrected chi connectivity index (χ0v) is 16.2. The van der Waals surface area contributed by atoms with Crippen LogP contribution in [0.25, 0.3) is 0 Å². The average Bonchev–Trinajstić information content (AvgIpc) is 3.26. The fourth-order valence-corrected chi connectivity index (χ4v) is 11.0. The van der Waals surface area contributed by atoms with Crippen molar-refractivity contribution >= 4 is 8.07 Å². The third-order valence-electron chi connectivity index (χ3n) is 5.44. The molecule has 0 amide bonds. The highest BCUT2D eigenvalue weighted by Crippen LogP contribution is 2.48. The molecule has 1 heterocycles. The van der Waals surface area contributed by atoms with Crippen molar-refractivity contribution in [2.24, 2.45) is 0 Å². The standard InChI is InChI=1S/C20H29NOSi/c1-14(2)23(15(3)4,16(5)6)18(13-21)12-19-20(22-19)17-10-8-7-9-11-17/h7-12,14-16,19-20H,1-6H3/b18-12+/t19-,20+/m0/s1. The molecule has 1 aliphatic heterocycles. The molecule has 2 nitrogen and oxygen atoms in total. The van der Waals surface area contributed by atoms with Crippen LogP contribution in [0.4, 0.5) is 0 Å². The second kappa shape index (κ2) is 7.03. The van der Waals surface area contributed by atoms with E-state index in [1.165, 1.54) is 5.56 Å². The van der Waals surface area contributed by atoms with E-state index < -0.39 is 8.07 Å². The van der Waals surface area contributed by atoms with Crippen LogP contribution < -0.4 is 0 Å². The van der Waals surface area contributed by atoms with Crippen molar-refractivity contribution in [3.63, 3.8) is 0 Å². The second-order valence-corrected chi connectivity index (χ2v) is 13.4. The van der Waals surface area contributed by atoms with Gasteiger partial charge in [0.05, 0.1) is 6.07 Å². The van der Waals surface area contributed by atoms with E-state index in [1.54, 1.807) is 0 Å². The Morgan fingerprint density at radius 2 is 1.57 bits per heavy atom. The van der Waals surface area contributed by atoms with Gasteiger partial charge in [0, 0.05) is 5.20 Å². The number of hydrogen-bond donors (Lipinski definition) is 0. The molecule has 0 saturated carbocycles. The molecular weight excluding hydrogens is 298 g/mol. The number of benzene rings is 1. The van der Waals surface area contributed by atoms with Crippen LogP contribution in [0.3, 0.4) is 0 Å². The molecule has 0 aliphatic carbocycles. The van der Waals surface area contributed by atoms with Crippen LogP contribution in [0, 0.1) is 11.3 Å². The maximum atomic E-state index is 9.90. The van der Waals surface area contributed by atoms with Gasteiger partial charge >= 0.3 is 0 Å². The lowest BCUT2D eigenvalue weighted by Crippen LogP contribution is -2.46. The Hall–Kier alpha value is -1.37. The van der Waals surface area contributed by atoms with Crippen LogP contribution in [-0.4, -0.2) is 14.2 Å². The van der Waals surface area contributed by atoms with Gasteiger partial charge in [0.25, 0.3) is 0 Å². The van der Waals surface area contributed by atoms with Gasteiger partial charge in [-0.1, -0.05) is 71.9 Å². The molecule has 3 heteroatoms. The van der Waals surface area contributed by atoms with Crippen molar-refractivity contribution in [2.75, 3.05) is 0 Å². The predicted molar refractivity (Wildman–Crippen MR) is 98.8 cm³/mol. The Morgan fingerprint density at radius 3 is 2.00 bits per heavy atom. The van der Waals surface area contributed by atoms with Crippen molar-refractivity contribution < 1.29 is 4.74 Å². The molecule has 0 N–H and O–H groups in total. The van der Waals surface area contributed by atoms with Gasteiger partial charge in [-0.2, -0.15) is 5.26 Å². The van der Waals surface area contributed by atoms with Gasteiger partial charge in [0.2, 0.25) is 0 Å². The smallest absolute Gasteiger partial charge is 0.113 e. The highest BCUT2D eigenvalue weighted by molar-refractivity contribution is 6.90. The Labute approximate surface area is 142 Å². The predicted octanol–water partition coefficient (Wildman–Crippen LogP) is 5.79. The maximum absolute atomic E-state index is 9.90. The number of ether oxygens (including phenoxy) is 1. The Balaban J connectivity index is 2.33. The first-order valence-corrected chi connectivity index (χ1v) is 10.9. The van der Waals surface area contributed by atoms with Crippen LogP contribution in [0.5, 0.6) is 0 Å². The Morgan fingerprint density at radius 1 is 1.04 bits per heavy atom. The molecule has 23 heavy (non-hydrogen) atoms. The average molecular weight is 328 g/mol. The van der Waals surface area contributed by atoms with E-state index in [0.29, 0.717) is 16.6 Å². The number of nitrogens with zero attached hydrogens (tertiary/aromatic N) is 1. The van der Waals surface area contributed by atoms with E-state index in [9.17, 15) is 5.26 Å². The fraction of sp³-hybridized carbons (Fsp3) is 0.550. The minimum atomic E-state index is -1.89. The summed E-state index contributed by atoms with van der Waals surface area (Å²) in [6, 6.07) is 12.9. The van der Waals surface area contributed by atoms with Crippen LogP contribution >= 0.6 is 0 Å². The first kappa shape index (κ1) is 18.0. The number of allylic oxidation sites excluding steroid dienone is 1. The minimum absolute atomic E-state index is 0.0650. The van der Waals surface area contributed by atoms with Gasteiger partial charge in [-0.05, 0) is 28.3 Å². The molecule has 1 fully saturated rings. The highest BCUT2D eigenvalue weighted by atomic mass is 28.3. The van der Waals surface area contributed by atoms with Crippen molar-refractivity contribution in [3.05, 3.63) is 47.2 Å². The lowest BCUT2D eigenvalue weighted by molar-refractivity contribution is 0.394. The molecule has 0 spiro atoms. The molecule has 124 valence electrons. The normalized spacial score (nSPS) is 21.8. The third kappa shape index (κ3) is 3.29. The topological polar surface area (TPSA) is 36.3 Å². The molecule has 0 radical (unpaired) electrons. The maximum Gasteiger partial charge on any atom is 0.113 e. The number of epoxide rings is 1. The number of nitriles is 1. The summed E-state index contributed by atoms with van der Waals surface area (Å²) in [5.41, 5.74) is 2.84. The third-order valence-corrected chi connectivity index (χ3v) is 12.4. The second-order valence-electron chi connectivity index (χ2n) is 7.52. The monoisotopic (exact) mass is 327 g/mol. The highest BCUT2D eigenvalue weighted by Gasteiger charge is 2.48. The van der Waals surface area contributed by atoms with Crippen LogP contribution in [-0.2, 0) is 4.74 Å². The van der Waals surface area contributed by atoms with Crippen molar-refractivity contribution in [1.29, 1.82) is 5.26 Å². The van der Waals surface area contributed by atoms with E-state index in [1.807, 2.05) is 18.2 Å². The van der Waals surface area contributed by atoms with E-state index in [0.717, 1.165) is 5.20 Å². The lowest BCUT2D eigenvalue weighted by atomic mass is 10.1. The molecular formula is C20H29NOSi. The SMILES string of the molecule is CC(C)[Si](/C(C#N)=C/[C@@H]1O[C@@H]1c1ccccc1)(C(C)C)C(C)C. The van der Waals surface area contributed by atoms with Gasteiger partial charge in [0.15, 0.2) is 0 Å². The number of rotatable bonds is 6. The summed E-state index contributed by atoms with van der Waals surface area (Å²) in [5.74, 6) is 0.